The van der Waals surface area contributed by atoms with E-state index in [9.17, 15) is 0 Å². The fourth-order valence-electron chi connectivity index (χ4n) is 1.89. The van der Waals surface area contributed by atoms with Gasteiger partial charge in [0.25, 0.3) is 0 Å². The number of nitrogens with one attached hydrogen (secondary N) is 1. The van der Waals surface area contributed by atoms with Gasteiger partial charge in [0.05, 0.1) is 22.7 Å². The summed E-state index contributed by atoms with van der Waals surface area (Å²) in [6, 6.07) is 14.2. The summed E-state index contributed by atoms with van der Waals surface area (Å²) in [7, 11) is 4.06. The molecule has 2 rings (SSSR count). The van der Waals surface area contributed by atoms with Gasteiger partial charge in [-0.05, 0) is 36.8 Å². The Bertz CT molecular complexity index is 547. The summed E-state index contributed by atoms with van der Waals surface area (Å²) in [6.45, 7) is 2.06. The fourth-order valence-corrected chi connectivity index (χ4v) is 1.89. The highest BCUT2D eigenvalue weighted by Gasteiger charge is 2.05. The summed E-state index contributed by atoms with van der Waals surface area (Å²) in [5.74, 6) is 0. The Balaban J connectivity index is 2.37. The third-order valence-electron chi connectivity index (χ3n) is 2.86. The van der Waals surface area contributed by atoms with E-state index in [-0.39, 0.29) is 0 Å². The first-order chi connectivity index (χ1) is 8.58. The van der Waals surface area contributed by atoms with Gasteiger partial charge in [-0.25, -0.2) is 0 Å². The zero-order valence-electron chi connectivity index (χ0n) is 11.1. The van der Waals surface area contributed by atoms with Gasteiger partial charge in [0.2, 0.25) is 0 Å². The number of anilines is 4. The van der Waals surface area contributed by atoms with E-state index in [4.69, 9.17) is 5.73 Å². The number of rotatable bonds is 3. The molecule has 0 aromatic heterocycles. The zero-order valence-corrected chi connectivity index (χ0v) is 11.1. The van der Waals surface area contributed by atoms with Gasteiger partial charge in [-0.3, -0.25) is 0 Å². The van der Waals surface area contributed by atoms with Crippen LogP contribution in [0.1, 0.15) is 5.56 Å². The molecule has 3 heteroatoms. The van der Waals surface area contributed by atoms with Crippen molar-refractivity contribution < 1.29 is 0 Å². The van der Waals surface area contributed by atoms with Crippen LogP contribution in [0.25, 0.3) is 0 Å². The van der Waals surface area contributed by atoms with Crippen LogP contribution in [0.5, 0.6) is 0 Å². The minimum absolute atomic E-state index is 0.758. The van der Waals surface area contributed by atoms with Crippen molar-refractivity contribution in [3.63, 3.8) is 0 Å². The van der Waals surface area contributed by atoms with Gasteiger partial charge < -0.3 is 16.0 Å². The highest BCUT2D eigenvalue weighted by atomic mass is 15.1. The van der Waals surface area contributed by atoms with Crippen molar-refractivity contribution in [1.82, 2.24) is 0 Å². The number of aryl methyl sites for hydroxylation is 1. The molecule has 0 heterocycles. The Kier molecular flexibility index (Phi) is 3.42. The highest BCUT2D eigenvalue weighted by Crippen LogP contribution is 2.30. The summed E-state index contributed by atoms with van der Waals surface area (Å²) in [5, 5.41) is 3.40. The molecular weight excluding hydrogens is 222 g/mol. The molecule has 0 atom stereocenters. The van der Waals surface area contributed by atoms with E-state index in [1.165, 1.54) is 5.56 Å². The molecule has 0 unspecified atom stereocenters. The zero-order chi connectivity index (χ0) is 13.1. The summed E-state index contributed by atoms with van der Waals surface area (Å²) >= 11 is 0. The maximum absolute atomic E-state index is 5.99. The van der Waals surface area contributed by atoms with Crippen LogP contribution in [0.4, 0.5) is 22.7 Å². The molecule has 3 N–H and O–H groups in total. The molecule has 0 aliphatic rings. The minimum Gasteiger partial charge on any atom is -0.397 e. The van der Waals surface area contributed by atoms with Crippen LogP contribution < -0.4 is 16.0 Å². The van der Waals surface area contributed by atoms with Crippen molar-refractivity contribution in [2.75, 3.05) is 30.0 Å². The molecule has 0 fully saturated rings. The molecular formula is C15H19N3. The van der Waals surface area contributed by atoms with E-state index in [2.05, 4.69) is 35.3 Å². The van der Waals surface area contributed by atoms with Crippen LogP contribution in [0.2, 0.25) is 0 Å². The number of hydrogen-bond donors (Lipinski definition) is 2. The molecule has 0 radical (unpaired) electrons. The normalized spacial score (nSPS) is 10.2. The smallest absolute Gasteiger partial charge is 0.0622 e. The maximum atomic E-state index is 5.99. The maximum Gasteiger partial charge on any atom is 0.0622 e. The summed E-state index contributed by atoms with van der Waals surface area (Å²) in [4.78, 5) is 2.08. The Morgan fingerprint density at radius 2 is 1.72 bits per heavy atom. The summed E-state index contributed by atoms with van der Waals surface area (Å²) in [5.41, 5.74) is 11.1. The van der Waals surface area contributed by atoms with Crippen LogP contribution in [0.3, 0.4) is 0 Å². The average molecular weight is 241 g/mol. The quantitative estimate of drug-likeness (QED) is 0.809. The fraction of sp³-hybridized carbons (Fsp3) is 0.200. The number of para-hydroxylation sites is 2. The lowest BCUT2D eigenvalue weighted by Crippen LogP contribution is -2.11. The van der Waals surface area contributed by atoms with Gasteiger partial charge in [0, 0.05) is 14.1 Å². The molecule has 3 nitrogen and oxygen atoms in total. The van der Waals surface area contributed by atoms with Crippen molar-refractivity contribution in [3.05, 3.63) is 48.0 Å². The molecule has 94 valence electrons. The molecule has 0 aliphatic heterocycles. The van der Waals surface area contributed by atoms with Crippen LogP contribution in [-0.2, 0) is 0 Å². The first-order valence-corrected chi connectivity index (χ1v) is 5.97. The molecule has 0 saturated heterocycles. The summed E-state index contributed by atoms with van der Waals surface area (Å²) in [6.07, 6.45) is 0. The van der Waals surface area contributed by atoms with E-state index in [0.717, 1.165) is 22.7 Å². The lowest BCUT2D eigenvalue weighted by Gasteiger charge is -2.19. The third-order valence-corrected chi connectivity index (χ3v) is 2.86. The molecule has 2 aromatic rings. The predicted molar refractivity (Wildman–Crippen MR) is 79.6 cm³/mol. The Labute approximate surface area is 108 Å². The lowest BCUT2D eigenvalue weighted by molar-refractivity contribution is 1.13. The molecule has 0 amide bonds. The second kappa shape index (κ2) is 5.00. The van der Waals surface area contributed by atoms with E-state index >= 15 is 0 Å². The Morgan fingerprint density at radius 1 is 1.00 bits per heavy atom. The van der Waals surface area contributed by atoms with Gasteiger partial charge in [-0.2, -0.15) is 0 Å². The van der Waals surface area contributed by atoms with Crippen molar-refractivity contribution in [1.29, 1.82) is 0 Å². The van der Waals surface area contributed by atoms with E-state index in [1.54, 1.807) is 0 Å². The number of benzene rings is 2. The first-order valence-electron chi connectivity index (χ1n) is 5.97. The lowest BCUT2D eigenvalue weighted by atomic mass is 10.1. The van der Waals surface area contributed by atoms with Gasteiger partial charge in [-0.1, -0.05) is 18.2 Å². The topological polar surface area (TPSA) is 41.3 Å². The predicted octanol–water partition coefficient (Wildman–Crippen LogP) is 3.39. The SMILES string of the molecule is Cc1ccc(N)c(Nc2ccccc2N(C)C)c1. The number of nitrogens with zero attached hydrogens (tertiary/aromatic N) is 1. The van der Waals surface area contributed by atoms with Crippen LogP contribution in [0, 0.1) is 6.92 Å². The standard InChI is InChI=1S/C15H19N3/c1-11-8-9-12(16)14(10-11)17-13-6-4-5-7-15(13)18(2)3/h4-10,17H,16H2,1-3H3. The molecule has 0 bridgehead atoms. The van der Waals surface area contributed by atoms with Gasteiger partial charge in [-0.15, -0.1) is 0 Å². The van der Waals surface area contributed by atoms with Crippen molar-refractivity contribution in [2.45, 2.75) is 6.92 Å². The molecule has 18 heavy (non-hydrogen) atoms. The first kappa shape index (κ1) is 12.3. The van der Waals surface area contributed by atoms with Crippen molar-refractivity contribution >= 4 is 22.7 Å². The largest absolute Gasteiger partial charge is 0.397 e. The second-order valence-electron chi connectivity index (χ2n) is 4.63. The second-order valence-corrected chi connectivity index (χ2v) is 4.63. The molecule has 0 saturated carbocycles. The highest BCUT2D eigenvalue weighted by molar-refractivity contribution is 5.80. The average Bonchev–Trinajstić information content (AvgIpc) is 2.34. The monoisotopic (exact) mass is 241 g/mol. The Hall–Kier alpha value is -2.16. The van der Waals surface area contributed by atoms with Gasteiger partial charge >= 0.3 is 0 Å². The van der Waals surface area contributed by atoms with Crippen LogP contribution >= 0.6 is 0 Å². The molecule has 2 aromatic carbocycles. The minimum atomic E-state index is 0.758. The van der Waals surface area contributed by atoms with Gasteiger partial charge in [0.15, 0.2) is 0 Å². The Morgan fingerprint density at radius 3 is 2.44 bits per heavy atom. The molecule has 0 spiro atoms. The number of hydrogen-bond acceptors (Lipinski definition) is 3. The van der Waals surface area contributed by atoms with Crippen molar-refractivity contribution in [3.8, 4) is 0 Å². The van der Waals surface area contributed by atoms with Gasteiger partial charge in [0.1, 0.15) is 0 Å². The van der Waals surface area contributed by atoms with Crippen molar-refractivity contribution in [2.24, 2.45) is 0 Å². The third kappa shape index (κ3) is 2.56. The van der Waals surface area contributed by atoms with E-state index in [0.29, 0.717) is 0 Å². The molecule has 0 aliphatic carbocycles. The van der Waals surface area contributed by atoms with Crippen LogP contribution in [0.15, 0.2) is 42.5 Å². The van der Waals surface area contributed by atoms with E-state index < -0.39 is 0 Å². The number of nitrogen functional groups attached to an aromatic ring is 1. The van der Waals surface area contributed by atoms with Crippen LogP contribution in [-0.4, -0.2) is 14.1 Å². The number of nitrogens with two attached hydrogens (primary N) is 1. The van der Waals surface area contributed by atoms with E-state index in [1.807, 2.05) is 38.4 Å². The summed E-state index contributed by atoms with van der Waals surface area (Å²) < 4.78 is 0.